The predicted molar refractivity (Wildman–Crippen MR) is 231 cm³/mol. The molecule has 3 nitrogen and oxygen atoms in total. The highest BCUT2D eigenvalue weighted by Crippen LogP contribution is 2.44. The lowest BCUT2D eigenvalue weighted by Gasteiger charge is -2.26. The summed E-state index contributed by atoms with van der Waals surface area (Å²) in [6, 6.07) is 34.2. The zero-order valence-corrected chi connectivity index (χ0v) is 31.2. The smallest absolute Gasteiger partial charge is 0.0972 e. The van der Waals surface area contributed by atoms with Gasteiger partial charge in [-0.2, -0.15) is 0 Å². The number of hydrogen-bond donors (Lipinski definition) is 1. The average Bonchev–Trinajstić information content (AvgIpc) is 3.60. The third-order valence-electron chi connectivity index (χ3n) is 11.2. The van der Waals surface area contributed by atoms with Crippen LogP contribution in [0.2, 0.25) is 0 Å². The lowest BCUT2D eigenvalue weighted by atomic mass is 9.89. The van der Waals surface area contributed by atoms with Crippen LogP contribution in [0.25, 0.3) is 64.4 Å². The summed E-state index contributed by atoms with van der Waals surface area (Å²) < 4.78 is 2.58. The first-order valence-corrected chi connectivity index (χ1v) is 20.1. The van der Waals surface area contributed by atoms with E-state index in [1.807, 2.05) is 11.3 Å². The maximum atomic E-state index is 5.53. The van der Waals surface area contributed by atoms with Crippen LogP contribution in [0.5, 0.6) is 0 Å². The van der Waals surface area contributed by atoms with Crippen LogP contribution in [-0.4, -0.2) is 16.0 Å². The molecule has 3 aliphatic rings. The summed E-state index contributed by atoms with van der Waals surface area (Å²) in [6.07, 6.45) is 27.5. The Morgan fingerprint density at radius 1 is 0.722 bits per heavy atom. The van der Waals surface area contributed by atoms with Crippen molar-refractivity contribution in [3.05, 3.63) is 180 Å². The number of fused-ring (bicyclic) bond motifs is 7. The van der Waals surface area contributed by atoms with Crippen LogP contribution in [0.1, 0.15) is 66.6 Å². The van der Waals surface area contributed by atoms with E-state index in [0.717, 1.165) is 70.9 Å². The van der Waals surface area contributed by atoms with Gasteiger partial charge in [0.2, 0.25) is 0 Å². The van der Waals surface area contributed by atoms with Crippen LogP contribution >= 0.6 is 11.3 Å². The average molecular weight is 716 g/mol. The molecule has 3 aromatic heterocycles. The number of benzene rings is 4. The van der Waals surface area contributed by atoms with E-state index in [1.54, 1.807) is 0 Å². The molecule has 4 aromatic carbocycles. The van der Waals surface area contributed by atoms with E-state index in [9.17, 15) is 0 Å². The van der Waals surface area contributed by atoms with E-state index in [-0.39, 0.29) is 12.1 Å². The van der Waals surface area contributed by atoms with Crippen LogP contribution < -0.4 is 5.32 Å². The van der Waals surface area contributed by atoms with Crippen molar-refractivity contribution in [2.75, 3.05) is 0 Å². The van der Waals surface area contributed by atoms with Crippen LogP contribution in [0, 0.1) is 0 Å². The van der Waals surface area contributed by atoms with E-state index in [2.05, 4.69) is 164 Å². The molecule has 0 saturated carbocycles. The van der Waals surface area contributed by atoms with Gasteiger partial charge in [-0.05, 0) is 103 Å². The maximum absolute atomic E-state index is 5.53. The zero-order valence-electron chi connectivity index (χ0n) is 30.4. The molecule has 0 fully saturated rings. The molecule has 0 amide bonds. The first-order chi connectivity index (χ1) is 26.7. The third kappa shape index (κ3) is 6.06. The Kier molecular flexibility index (Phi) is 8.51. The summed E-state index contributed by atoms with van der Waals surface area (Å²) in [6.45, 7) is 2.24. The molecule has 54 heavy (non-hydrogen) atoms. The second-order valence-electron chi connectivity index (χ2n) is 14.8. The summed E-state index contributed by atoms with van der Waals surface area (Å²) >= 11 is 1.89. The Balaban J connectivity index is 1.21. The second kappa shape index (κ2) is 13.9. The van der Waals surface area contributed by atoms with Crippen LogP contribution in [0.3, 0.4) is 0 Å². The third-order valence-corrected chi connectivity index (χ3v) is 12.4. The number of allylic oxidation sites excluding steroid dienone is 11. The molecule has 1 N–H and O–H groups in total. The largest absolute Gasteiger partial charge is 0.300 e. The number of rotatable bonds is 4. The van der Waals surface area contributed by atoms with Crippen LogP contribution in [0.4, 0.5) is 0 Å². The number of hydrogen-bond acceptors (Lipinski definition) is 4. The minimum atomic E-state index is -0.00811. The summed E-state index contributed by atoms with van der Waals surface area (Å²) in [5.41, 5.74) is 12.8. The van der Waals surface area contributed by atoms with Crippen LogP contribution in [0.15, 0.2) is 152 Å². The summed E-state index contributed by atoms with van der Waals surface area (Å²) in [5.74, 6) is 0. The van der Waals surface area contributed by atoms with Gasteiger partial charge in [0.05, 0.1) is 28.5 Å². The van der Waals surface area contributed by atoms with E-state index in [4.69, 9.17) is 9.97 Å². The first-order valence-electron chi connectivity index (χ1n) is 19.3. The van der Waals surface area contributed by atoms with Gasteiger partial charge in [0.25, 0.3) is 0 Å². The number of nitrogens with zero attached hydrogens (tertiary/aromatic N) is 2. The Bertz CT molecular complexity index is 2810. The standard InChI is InChI=1S/C50H41N3S/c1-32-13-5-2-8-16-34-17-11-12-20-40(34)47(51-32)39-29-42-41-26-23-38(33-14-6-3-7-15-33)31-46(41)54-50(42)43(30-39)45-28-25-37-22-21-36-24-27-44(35-18-9-4-10-19-35)52-48(36)49(37)53-45/h2-3,5-6,8-9,11-14,17-32,47,51H,4,7,10,15-16H2,1H3/b8-2-,13-5-. The molecule has 1 aliphatic heterocycles. The van der Waals surface area contributed by atoms with Crippen LogP contribution in [-0.2, 0) is 6.42 Å². The lowest BCUT2D eigenvalue weighted by molar-refractivity contribution is 0.559. The maximum Gasteiger partial charge on any atom is 0.0972 e. The Morgan fingerprint density at radius 3 is 2.39 bits per heavy atom. The number of thiophene rings is 1. The fraction of sp³-hybridized carbons (Fsp3) is 0.160. The molecule has 0 saturated heterocycles. The molecule has 262 valence electrons. The van der Waals surface area contributed by atoms with Crippen molar-refractivity contribution in [1.29, 1.82) is 0 Å². The highest BCUT2D eigenvalue weighted by Gasteiger charge is 2.23. The monoisotopic (exact) mass is 715 g/mol. The number of aromatic nitrogens is 2. The molecule has 10 rings (SSSR count). The van der Waals surface area contributed by atoms with E-state index in [1.165, 1.54) is 53.6 Å². The first kappa shape index (κ1) is 32.9. The highest BCUT2D eigenvalue weighted by atomic mass is 32.1. The van der Waals surface area contributed by atoms with Gasteiger partial charge >= 0.3 is 0 Å². The van der Waals surface area contributed by atoms with Crippen molar-refractivity contribution >= 4 is 64.5 Å². The van der Waals surface area contributed by atoms with Gasteiger partial charge in [-0.1, -0.05) is 121 Å². The van der Waals surface area contributed by atoms with Gasteiger partial charge in [0.15, 0.2) is 0 Å². The molecule has 4 heterocycles. The molecule has 0 radical (unpaired) electrons. The van der Waals surface area contributed by atoms with Gasteiger partial charge < -0.3 is 5.32 Å². The second-order valence-corrected chi connectivity index (χ2v) is 15.8. The molecular formula is C50H41N3S. The van der Waals surface area contributed by atoms with Crippen molar-refractivity contribution in [2.45, 2.75) is 51.1 Å². The molecule has 2 unspecified atom stereocenters. The molecule has 0 spiro atoms. The lowest BCUT2D eigenvalue weighted by Crippen LogP contribution is -2.30. The minimum Gasteiger partial charge on any atom is -0.300 e. The summed E-state index contributed by atoms with van der Waals surface area (Å²) in [5, 5.41) is 8.80. The highest BCUT2D eigenvalue weighted by molar-refractivity contribution is 7.26. The Labute approximate surface area is 320 Å². The van der Waals surface area contributed by atoms with Gasteiger partial charge in [0, 0.05) is 42.6 Å². The van der Waals surface area contributed by atoms with Crippen molar-refractivity contribution in [2.24, 2.45) is 0 Å². The minimum absolute atomic E-state index is 0.00811. The summed E-state index contributed by atoms with van der Waals surface area (Å²) in [4.78, 5) is 10.8. The van der Waals surface area contributed by atoms with Gasteiger partial charge in [0.1, 0.15) is 0 Å². The van der Waals surface area contributed by atoms with Gasteiger partial charge in [-0.15, -0.1) is 11.3 Å². The molecular weight excluding hydrogens is 675 g/mol. The van der Waals surface area contributed by atoms with Crippen molar-refractivity contribution in [3.8, 4) is 11.3 Å². The SMILES string of the molecule is CC1/C=C\C=C/Cc2ccccc2C(c2cc(-c3ccc4ccc5ccc(C6=CCCC=C6)nc5c4n3)c3sc4cc(C5=CC=CCC5)ccc4c3c2)N1. The Hall–Kier alpha value is -5.68. The van der Waals surface area contributed by atoms with Gasteiger partial charge in [-0.25, -0.2) is 9.97 Å². The predicted octanol–water partition coefficient (Wildman–Crippen LogP) is 13.0. The van der Waals surface area contributed by atoms with Crippen molar-refractivity contribution in [1.82, 2.24) is 15.3 Å². The topological polar surface area (TPSA) is 37.8 Å². The van der Waals surface area contributed by atoms with E-state index < -0.39 is 0 Å². The number of pyridine rings is 2. The number of nitrogens with one attached hydrogen (secondary N) is 1. The molecule has 7 aromatic rings. The van der Waals surface area contributed by atoms with Crippen molar-refractivity contribution < 1.29 is 0 Å². The van der Waals surface area contributed by atoms with E-state index >= 15 is 0 Å². The molecule has 4 heteroatoms. The van der Waals surface area contributed by atoms with Crippen molar-refractivity contribution in [3.63, 3.8) is 0 Å². The Morgan fingerprint density at radius 2 is 1.56 bits per heavy atom. The molecule has 2 aliphatic carbocycles. The molecule has 2 atom stereocenters. The normalized spacial score (nSPS) is 19.9. The zero-order chi connectivity index (χ0) is 36.0. The molecule has 0 bridgehead atoms. The fourth-order valence-electron chi connectivity index (χ4n) is 8.37. The summed E-state index contributed by atoms with van der Waals surface area (Å²) in [7, 11) is 0. The van der Waals surface area contributed by atoms with Gasteiger partial charge in [-0.3, -0.25) is 0 Å². The van der Waals surface area contributed by atoms with E-state index in [0.29, 0.717) is 0 Å². The fourth-order valence-corrected chi connectivity index (χ4v) is 9.62. The quantitative estimate of drug-likeness (QED) is 0.184.